The van der Waals surface area contributed by atoms with Crippen LogP contribution in [0, 0.1) is 0 Å². The van der Waals surface area contributed by atoms with Crippen LogP contribution in [0.3, 0.4) is 0 Å². The van der Waals surface area contributed by atoms with Gasteiger partial charge in [-0.2, -0.15) is 0 Å². The van der Waals surface area contributed by atoms with Crippen molar-refractivity contribution >= 4 is 39.2 Å². The van der Waals surface area contributed by atoms with Gasteiger partial charge in [0.05, 0.1) is 17.3 Å². The van der Waals surface area contributed by atoms with Crippen LogP contribution in [-0.4, -0.2) is 16.2 Å². The molecular weight excluding hydrogens is 332 g/mol. The number of hydrogen-bond donors (Lipinski definition) is 2. The summed E-state index contributed by atoms with van der Waals surface area (Å²) in [6.45, 7) is 0.605. The molecule has 1 aliphatic carbocycles. The summed E-state index contributed by atoms with van der Waals surface area (Å²) < 4.78 is 6.40. The molecule has 2 N–H and O–H groups in total. The summed E-state index contributed by atoms with van der Waals surface area (Å²) in [5.74, 6) is 0.572. The normalized spacial score (nSPS) is 14.6. The first-order valence-electron chi connectivity index (χ1n) is 5.98. The van der Waals surface area contributed by atoms with Crippen LogP contribution in [0.15, 0.2) is 27.1 Å². The van der Waals surface area contributed by atoms with Crippen molar-refractivity contribution in [1.82, 2.24) is 15.5 Å². The minimum absolute atomic E-state index is 0.344. The number of rotatable bonds is 5. The SMILES string of the molecule is Clc1cc(Br)ccc1Nc1nnc(CNC2CC2)o1. The zero-order chi connectivity index (χ0) is 13.2. The number of anilines is 2. The van der Waals surface area contributed by atoms with Crippen LogP contribution >= 0.6 is 27.5 Å². The molecule has 0 bridgehead atoms. The Hall–Kier alpha value is -1.11. The highest BCUT2D eigenvalue weighted by atomic mass is 79.9. The molecule has 1 heterocycles. The third kappa shape index (κ3) is 3.46. The minimum Gasteiger partial charge on any atom is -0.406 e. The molecule has 1 fully saturated rings. The minimum atomic E-state index is 0.344. The van der Waals surface area contributed by atoms with Gasteiger partial charge in [0.25, 0.3) is 0 Å². The van der Waals surface area contributed by atoms with E-state index in [9.17, 15) is 0 Å². The topological polar surface area (TPSA) is 63.0 Å². The number of nitrogens with one attached hydrogen (secondary N) is 2. The second-order valence-electron chi connectivity index (χ2n) is 4.41. The van der Waals surface area contributed by atoms with Crippen molar-refractivity contribution in [2.45, 2.75) is 25.4 Å². The second-order valence-corrected chi connectivity index (χ2v) is 5.73. The summed E-state index contributed by atoms with van der Waals surface area (Å²) in [4.78, 5) is 0. The van der Waals surface area contributed by atoms with Gasteiger partial charge in [-0.3, -0.25) is 0 Å². The monoisotopic (exact) mass is 342 g/mol. The maximum atomic E-state index is 6.10. The first kappa shape index (κ1) is 12.9. The van der Waals surface area contributed by atoms with Gasteiger partial charge in [-0.1, -0.05) is 32.6 Å². The van der Waals surface area contributed by atoms with Crippen molar-refractivity contribution in [2.75, 3.05) is 5.32 Å². The molecule has 1 aromatic heterocycles. The van der Waals surface area contributed by atoms with Gasteiger partial charge >= 0.3 is 6.01 Å². The molecule has 0 unspecified atom stereocenters. The Morgan fingerprint density at radius 2 is 2.21 bits per heavy atom. The van der Waals surface area contributed by atoms with Crippen LogP contribution in [-0.2, 0) is 6.54 Å². The van der Waals surface area contributed by atoms with Crippen LogP contribution in [0.5, 0.6) is 0 Å². The lowest BCUT2D eigenvalue weighted by atomic mass is 10.3. The fraction of sp³-hybridized carbons (Fsp3) is 0.333. The summed E-state index contributed by atoms with van der Waals surface area (Å²) >= 11 is 9.46. The zero-order valence-corrected chi connectivity index (χ0v) is 12.3. The third-order valence-corrected chi connectivity index (χ3v) is 3.56. The smallest absolute Gasteiger partial charge is 0.320 e. The summed E-state index contributed by atoms with van der Waals surface area (Å²) in [5.41, 5.74) is 0.732. The van der Waals surface area contributed by atoms with Gasteiger partial charge in [0, 0.05) is 10.5 Å². The number of benzene rings is 1. The van der Waals surface area contributed by atoms with Gasteiger partial charge in [0.15, 0.2) is 0 Å². The van der Waals surface area contributed by atoms with E-state index in [0.717, 1.165) is 10.2 Å². The molecule has 5 nitrogen and oxygen atoms in total. The Balaban J connectivity index is 1.65. The predicted octanol–water partition coefficient (Wildman–Crippen LogP) is 3.48. The van der Waals surface area contributed by atoms with Crippen molar-refractivity contribution in [3.05, 3.63) is 33.6 Å². The molecule has 100 valence electrons. The largest absolute Gasteiger partial charge is 0.406 e. The lowest BCUT2D eigenvalue weighted by molar-refractivity contribution is 0.478. The molecule has 1 saturated carbocycles. The Morgan fingerprint density at radius 3 is 2.95 bits per heavy atom. The highest BCUT2D eigenvalue weighted by molar-refractivity contribution is 9.10. The molecular formula is C12H12BrClN4O. The molecule has 2 aromatic rings. The van der Waals surface area contributed by atoms with Crippen molar-refractivity contribution in [3.63, 3.8) is 0 Å². The van der Waals surface area contributed by atoms with E-state index in [0.29, 0.717) is 29.5 Å². The van der Waals surface area contributed by atoms with Crippen LogP contribution in [0.1, 0.15) is 18.7 Å². The Kier molecular flexibility index (Phi) is 3.72. The fourth-order valence-corrected chi connectivity index (χ4v) is 2.32. The summed E-state index contributed by atoms with van der Waals surface area (Å²) in [6.07, 6.45) is 2.46. The van der Waals surface area contributed by atoms with E-state index in [1.54, 1.807) is 6.07 Å². The maximum Gasteiger partial charge on any atom is 0.320 e. The van der Waals surface area contributed by atoms with E-state index in [1.807, 2.05) is 12.1 Å². The van der Waals surface area contributed by atoms with Crippen molar-refractivity contribution in [2.24, 2.45) is 0 Å². The van der Waals surface area contributed by atoms with Crippen LogP contribution in [0.25, 0.3) is 0 Å². The van der Waals surface area contributed by atoms with E-state index in [-0.39, 0.29) is 0 Å². The number of hydrogen-bond acceptors (Lipinski definition) is 5. The van der Waals surface area contributed by atoms with Crippen LogP contribution in [0.2, 0.25) is 5.02 Å². The fourth-order valence-electron chi connectivity index (χ4n) is 1.60. The van der Waals surface area contributed by atoms with Gasteiger partial charge in [-0.15, -0.1) is 5.10 Å². The Morgan fingerprint density at radius 1 is 1.37 bits per heavy atom. The molecule has 1 aliphatic rings. The van der Waals surface area contributed by atoms with Gasteiger partial charge in [0.1, 0.15) is 0 Å². The van der Waals surface area contributed by atoms with Crippen molar-refractivity contribution in [3.8, 4) is 0 Å². The van der Waals surface area contributed by atoms with Crippen LogP contribution in [0.4, 0.5) is 11.7 Å². The molecule has 0 spiro atoms. The number of aromatic nitrogens is 2. The molecule has 3 rings (SSSR count). The molecule has 0 saturated heterocycles. The third-order valence-electron chi connectivity index (χ3n) is 2.76. The number of nitrogens with zero attached hydrogens (tertiary/aromatic N) is 2. The first-order chi connectivity index (χ1) is 9.20. The second kappa shape index (κ2) is 5.48. The predicted molar refractivity (Wildman–Crippen MR) is 76.6 cm³/mol. The maximum absolute atomic E-state index is 6.10. The lowest BCUT2D eigenvalue weighted by Gasteiger charge is -2.04. The van der Waals surface area contributed by atoms with Gasteiger partial charge in [-0.25, -0.2) is 0 Å². The molecule has 19 heavy (non-hydrogen) atoms. The molecule has 0 radical (unpaired) electrons. The van der Waals surface area contributed by atoms with E-state index in [4.69, 9.17) is 16.0 Å². The van der Waals surface area contributed by atoms with Gasteiger partial charge in [0.2, 0.25) is 5.89 Å². The first-order valence-corrected chi connectivity index (χ1v) is 7.15. The summed E-state index contributed by atoms with van der Waals surface area (Å²) in [5, 5.41) is 14.8. The number of halogens is 2. The van der Waals surface area contributed by atoms with E-state index in [2.05, 4.69) is 36.8 Å². The van der Waals surface area contributed by atoms with Crippen molar-refractivity contribution in [1.29, 1.82) is 0 Å². The molecule has 1 aromatic carbocycles. The summed E-state index contributed by atoms with van der Waals surface area (Å²) in [6, 6.07) is 6.50. The molecule has 0 atom stereocenters. The summed E-state index contributed by atoms with van der Waals surface area (Å²) in [7, 11) is 0. The molecule has 7 heteroatoms. The van der Waals surface area contributed by atoms with Gasteiger partial charge in [-0.05, 0) is 31.0 Å². The van der Waals surface area contributed by atoms with Gasteiger partial charge < -0.3 is 15.1 Å². The Bertz CT molecular complexity index is 585. The van der Waals surface area contributed by atoms with E-state index in [1.165, 1.54) is 12.8 Å². The zero-order valence-electron chi connectivity index (χ0n) is 9.99. The average Bonchev–Trinajstić information content (AvgIpc) is 3.10. The van der Waals surface area contributed by atoms with Crippen LogP contribution < -0.4 is 10.6 Å². The highest BCUT2D eigenvalue weighted by Gasteiger charge is 2.21. The molecule has 0 amide bonds. The van der Waals surface area contributed by atoms with Crippen molar-refractivity contribution < 1.29 is 4.42 Å². The molecule has 0 aliphatic heterocycles. The quantitative estimate of drug-likeness (QED) is 0.870. The highest BCUT2D eigenvalue weighted by Crippen LogP contribution is 2.28. The standard InChI is InChI=1S/C12H12BrClN4O/c13-7-1-4-10(9(14)5-7)16-12-18-17-11(19-12)6-15-8-2-3-8/h1,4-5,8,15H,2-3,6H2,(H,16,18). The van der Waals surface area contributed by atoms with E-state index >= 15 is 0 Å². The van der Waals surface area contributed by atoms with E-state index < -0.39 is 0 Å². The average molecular weight is 344 g/mol. The Labute approximate surface area is 123 Å². The lowest BCUT2D eigenvalue weighted by Crippen LogP contribution is -2.15.